The van der Waals surface area contributed by atoms with E-state index in [1.54, 1.807) is 18.2 Å². The number of tetrazole rings is 1. The maximum absolute atomic E-state index is 12.6. The molecule has 0 aliphatic rings. The lowest BCUT2D eigenvalue weighted by atomic mass is 10.1. The van der Waals surface area contributed by atoms with Crippen molar-refractivity contribution in [2.75, 3.05) is 6.54 Å². The number of rotatable bonds is 5. The lowest BCUT2D eigenvalue weighted by Crippen LogP contribution is -2.27. The van der Waals surface area contributed by atoms with Crippen LogP contribution in [0.2, 0.25) is 5.02 Å². The molecule has 4 aromatic rings. The number of nitrogens with one attached hydrogen (secondary N) is 2. The monoisotopic (exact) mass is 367 g/mol. The zero-order chi connectivity index (χ0) is 17.9. The number of benzene rings is 2. The van der Waals surface area contributed by atoms with E-state index >= 15 is 0 Å². The number of halogens is 1. The molecule has 0 aliphatic carbocycles. The fraction of sp³-hybridized carbons (Fsp3) is 0.118. The van der Waals surface area contributed by atoms with Crippen molar-refractivity contribution in [3.63, 3.8) is 0 Å². The van der Waals surface area contributed by atoms with Crippen LogP contribution in [0.1, 0.15) is 16.2 Å². The van der Waals surface area contributed by atoms with Crippen LogP contribution in [0.4, 0.5) is 0 Å². The van der Waals surface area contributed by atoms with Crippen LogP contribution in [0.25, 0.3) is 16.7 Å². The van der Waals surface area contributed by atoms with Crippen molar-refractivity contribution in [2.45, 2.75) is 6.42 Å². The van der Waals surface area contributed by atoms with E-state index in [1.807, 2.05) is 24.3 Å². The van der Waals surface area contributed by atoms with Gasteiger partial charge >= 0.3 is 0 Å². The van der Waals surface area contributed by atoms with E-state index in [-0.39, 0.29) is 5.91 Å². The van der Waals surface area contributed by atoms with Crippen LogP contribution in [0.5, 0.6) is 0 Å². The van der Waals surface area contributed by atoms with Crippen LogP contribution in [0, 0.1) is 0 Å². The Labute approximate surface area is 153 Å². The molecule has 2 N–H and O–H groups in total. The first-order valence-corrected chi connectivity index (χ1v) is 8.33. The molecule has 0 atom stereocenters. The van der Waals surface area contributed by atoms with Gasteiger partial charge in [0.15, 0.2) is 0 Å². The smallest absolute Gasteiger partial charge is 0.253 e. The fourth-order valence-electron chi connectivity index (χ4n) is 2.67. The number of imidazole rings is 1. The molecule has 9 heteroatoms. The minimum absolute atomic E-state index is 0.233. The summed E-state index contributed by atoms with van der Waals surface area (Å²) in [6.07, 6.45) is 2.01. The summed E-state index contributed by atoms with van der Waals surface area (Å²) in [7, 11) is 0. The predicted molar refractivity (Wildman–Crippen MR) is 96.3 cm³/mol. The molecule has 0 saturated carbocycles. The highest BCUT2D eigenvalue weighted by Crippen LogP contribution is 2.19. The number of hydrogen-bond donors (Lipinski definition) is 2. The summed E-state index contributed by atoms with van der Waals surface area (Å²) in [6, 6.07) is 12.8. The number of nitrogens with zero attached hydrogens (tertiary/aromatic N) is 5. The summed E-state index contributed by atoms with van der Waals surface area (Å²) >= 11 is 6.04. The molecule has 0 aliphatic heterocycles. The number of hydrogen-bond acceptors (Lipinski definition) is 5. The van der Waals surface area contributed by atoms with Gasteiger partial charge in [-0.15, -0.1) is 5.10 Å². The van der Waals surface area contributed by atoms with Crippen LogP contribution >= 0.6 is 11.6 Å². The maximum Gasteiger partial charge on any atom is 0.253 e. The molecule has 2 heterocycles. The van der Waals surface area contributed by atoms with Gasteiger partial charge in [-0.25, -0.2) is 4.98 Å². The quantitative estimate of drug-likeness (QED) is 0.563. The first kappa shape index (κ1) is 16.2. The molecule has 8 nitrogen and oxygen atoms in total. The van der Waals surface area contributed by atoms with Gasteiger partial charge in [-0.2, -0.15) is 4.68 Å². The lowest BCUT2D eigenvalue weighted by molar-refractivity contribution is 0.0954. The second kappa shape index (κ2) is 6.93. The Balaban J connectivity index is 1.47. The van der Waals surface area contributed by atoms with Crippen LogP contribution in [-0.4, -0.2) is 42.6 Å². The third kappa shape index (κ3) is 3.27. The van der Waals surface area contributed by atoms with Gasteiger partial charge in [-0.1, -0.05) is 23.7 Å². The molecular formula is C17H14ClN7O. The first-order chi connectivity index (χ1) is 12.7. The third-order valence-electron chi connectivity index (χ3n) is 3.89. The standard InChI is InChI=1S/C17H14ClN7O/c18-11-5-6-12(15(9-11)25-10-20-23-24-25)17(26)19-8-7-16-21-13-3-1-2-4-14(13)22-16/h1-6,9-10H,7-8H2,(H,19,26)(H,21,22). The highest BCUT2D eigenvalue weighted by atomic mass is 35.5. The third-order valence-corrected chi connectivity index (χ3v) is 4.12. The van der Waals surface area contributed by atoms with Gasteiger partial charge in [0.05, 0.1) is 22.3 Å². The first-order valence-electron chi connectivity index (χ1n) is 7.95. The number of carbonyl (C=O) groups excluding carboxylic acids is 1. The predicted octanol–water partition coefficient (Wildman–Crippen LogP) is 2.16. The normalized spacial score (nSPS) is 11.0. The van der Waals surface area contributed by atoms with E-state index in [4.69, 9.17) is 11.6 Å². The Morgan fingerprint density at radius 3 is 2.92 bits per heavy atom. The minimum Gasteiger partial charge on any atom is -0.352 e. The van der Waals surface area contributed by atoms with Crippen molar-refractivity contribution in [1.82, 2.24) is 35.5 Å². The SMILES string of the molecule is O=C(NCCc1nc2ccccc2[nH]1)c1ccc(Cl)cc1-n1cnnn1. The van der Waals surface area contributed by atoms with Gasteiger partial charge in [-0.05, 0) is 40.8 Å². The Hall–Kier alpha value is -3.26. The van der Waals surface area contributed by atoms with E-state index in [2.05, 4.69) is 30.8 Å². The highest BCUT2D eigenvalue weighted by molar-refractivity contribution is 6.31. The van der Waals surface area contributed by atoms with Crippen LogP contribution in [0.15, 0.2) is 48.8 Å². The number of H-pyrrole nitrogens is 1. The van der Waals surface area contributed by atoms with Crippen LogP contribution in [0.3, 0.4) is 0 Å². The summed E-state index contributed by atoms with van der Waals surface area (Å²) in [5, 5.41) is 14.4. The fourth-order valence-corrected chi connectivity index (χ4v) is 2.84. The number of amides is 1. The van der Waals surface area contributed by atoms with Gasteiger partial charge in [0.1, 0.15) is 12.2 Å². The largest absolute Gasteiger partial charge is 0.352 e. The number of aromatic nitrogens is 6. The lowest BCUT2D eigenvalue weighted by Gasteiger charge is -2.09. The summed E-state index contributed by atoms with van der Waals surface area (Å²) in [4.78, 5) is 20.3. The Morgan fingerprint density at radius 1 is 1.23 bits per heavy atom. The van der Waals surface area contributed by atoms with Crippen molar-refractivity contribution in [3.05, 3.63) is 65.2 Å². The summed E-state index contributed by atoms with van der Waals surface area (Å²) in [5.41, 5.74) is 2.84. The van der Waals surface area contributed by atoms with E-state index in [0.29, 0.717) is 29.2 Å². The average Bonchev–Trinajstić information content (AvgIpc) is 3.31. The number of carbonyl (C=O) groups is 1. The Bertz CT molecular complexity index is 1030. The van der Waals surface area contributed by atoms with Crippen molar-refractivity contribution in [3.8, 4) is 5.69 Å². The maximum atomic E-state index is 12.6. The van der Waals surface area contributed by atoms with E-state index in [1.165, 1.54) is 11.0 Å². The molecule has 1 amide bonds. The molecule has 0 saturated heterocycles. The second-order valence-corrected chi connectivity index (χ2v) is 6.06. The molecule has 2 aromatic heterocycles. The molecule has 130 valence electrons. The molecule has 0 spiro atoms. The number of fused-ring (bicyclic) bond motifs is 1. The minimum atomic E-state index is -0.233. The summed E-state index contributed by atoms with van der Waals surface area (Å²) in [5.74, 6) is 0.589. The average molecular weight is 368 g/mol. The summed E-state index contributed by atoms with van der Waals surface area (Å²) < 4.78 is 1.40. The van der Waals surface area contributed by atoms with E-state index in [9.17, 15) is 4.79 Å². The molecule has 4 rings (SSSR count). The molecule has 26 heavy (non-hydrogen) atoms. The van der Waals surface area contributed by atoms with Gasteiger partial charge in [0, 0.05) is 18.0 Å². The topological polar surface area (TPSA) is 101 Å². The van der Waals surface area contributed by atoms with Crippen LogP contribution < -0.4 is 5.32 Å². The Morgan fingerprint density at radius 2 is 2.12 bits per heavy atom. The molecule has 0 unspecified atom stereocenters. The van der Waals surface area contributed by atoms with Crippen LogP contribution in [-0.2, 0) is 6.42 Å². The second-order valence-electron chi connectivity index (χ2n) is 5.62. The van der Waals surface area contributed by atoms with Gasteiger partial charge in [0.25, 0.3) is 5.91 Å². The summed E-state index contributed by atoms with van der Waals surface area (Å²) in [6.45, 7) is 0.441. The van der Waals surface area contributed by atoms with E-state index < -0.39 is 0 Å². The number of para-hydroxylation sites is 2. The molecule has 0 fully saturated rings. The van der Waals surface area contributed by atoms with Gasteiger partial charge < -0.3 is 10.3 Å². The molecule has 2 aromatic carbocycles. The van der Waals surface area contributed by atoms with Crippen molar-refractivity contribution in [2.24, 2.45) is 0 Å². The molecule has 0 radical (unpaired) electrons. The van der Waals surface area contributed by atoms with Crippen molar-refractivity contribution in [1.29, 1.82) is 0 Å². The Kier molecular flexibility index (Phi) is 4.32. The molecule has 0 bridgehead atoms. The van der Waals surface area contributed by atoms with E-state index in [0.717, 1.165) is 16.9 Å². The highest BCUT2D eigenvalue weighted by Gasteiger charge is 2.14. The van der Waals surface area contributed by atoms with Gasteiger partial charge in [0.2, 0.25) is 0 Å². The molecular weight excluding hydrogens is 354 g/mol. The zero-order valence-electron chi connectivity index (χ0n) is 13.6. The number of aromatic amines is 1. The van der Waals surface area contributed by atoms with Crippen molar-refractivity contribution >= 4 is 28.5 Å². The van der Waals surface area contributed by atoms with Crippen molar-refractivity contribution < 1.29 is 4.79 Å². The van der Waals surface area contributed by atoms with Gasteiger partial charge in [-0.3, -0.25) is 4.79 Å². The zero-order valence-corrected chi connectivity index (χ0v) is 14.3.